The quantitative estimate of drug-likeness (QED) is 0.773. The molecule has 27 heavy (non-hydrogen) atoms. The number of thiophene rings is 1. The van der Waals surface area contributed by atoms with Crippen molar-refractivity contribution in [2.24, 2.45) is 0 Å². The lowest BCUT2D eigenvalue weighted by Gasteiger charge is -2.21. The fourth-order valence-electron chi connectivity index (χ4n) is 3.60. The van der Waals surface area contributed by atoms with Crippen molar-refractivity contribution in [3.8, 4) is 0 Å². The van der Waals surface area contributed by atoms with Gasteiger partial charge in [-0.25, -0.2) is 4.79 Å². The van der Waals surface area contributed by atoms with E-state index in [1.54, 1.807) is 0 Å². The van der Waals surface area contributed by atoms with Crippen molar-refractivity contribution in [2.45, 2.75) is 43.6 Å². The molecule has 0 radical (unpaired) electrons. The van der Waals surface area contributed by atoms with Crippen LogP contribution in [0.25, 0.3) is 10.1 Å². The number of nitrogens with one attached hydrogen (secondary N) is 2. The Hall–Kier alpha value is -2.20. The lowest BCUT2D eigenvalue weighted by Crippen LogP contribution is -2.43. The Balaban J connectivity index is 1.45. The number of esters is 1. The summed E-state index contributed by atoms with van der Waals surface area (Å²) >= 11 is 0.968. The highest BCUT2D eigenvalue weighted by molar-refractivity contribution is 7.20. The summed E-state index contributed by atoms with van der Waals surface area (Å²) < 4.78 is 41.3. The van der Waals surface area contributed by atoms with E-state index in [1.807, 2.05) is 0 Å². The molecule has 2 aliphatic heterocycles. The van der Waals surface area contributed by atoms with Gasteiger partial charge in [-0.2, -0.15) is 13.2 Å². The van der Waals surface area contributed by atoms with E-state index in [9.17, 15) is 22.8 Å². The number of fused-ring (bicyclic) bond motifs is 3. The summed E-state index contributed by atoms with van der Waals surface area (Å²) in [7, 11) is 0. The Bertz CT molecular complexity index is 898. The number of aromatic nitrogens is 1. The summed E-state index contributed by atoms with van der Waals surface area (Å²) in [5, 5.41) is 6.99. The summed E-state index contributed by atoms with van der Waals surface area (Å²) in [4.78, 5) is 28.4. The van der Waals surface area contributed by atoms with Gasteiger partial charge < -0.3 is 15.4 Å². The standard InChI is InChI=1S/C17H16F3N3O3S/c18-17(19,20)7-26-16(25)14-3-8-6-21-12(5-13(8)27-14)15(24)23-11-4-9-1-2-10(11)22-9/h3,5-6,9-11,22H,1-2,4,7H2,(H,23,24)/t9-,10+,11-/m1/s1. The number of halogens is 3. The van der Waals surface area contributed by atoms with Crippen LogP contribution in [0, 0.1) is 0 Å². The highest BCUT2D eigenvalue weighted by atomic mass is 32.1. The molecule has 2 saturated heterocycles. The third-order valence-corrected chi connectivity index (χ3v) is 5.90. The van der Waals surface area contributed by atoms with E-state index in [1.165, 1.54) is 18.3 Å². The van der Waals surface area contributed by atoms with Crippen LogP contribution in [0.5, 0.6) is 0 Å². The van der Waals surface area contributed by atoms with Crippen LogP contribution < -0.4 is 10.6 Å². The van der Waals surface area contributed by atoms with Crippen molar-refractivity contribution in [1.29, 1.82) is 0 Å². The van der Waals surface area contributed by atoms with Gasteiger partial charge in [-0.3, -0.25) is 9.78 Å². The number of rotatable bonds is 4. The number of carbonyl (C=O) groups is 2. The van der Waals surface area contributed by atoms with Gasteiger partial charge in [0.05, 0.1) is 0 Å². The zero-order valence-corrected chi connectivity index (χ0v) is 14.8. The molecule has 2 N–H and O–H groups in total. The predicted octanol–water partition coefficient (Wildman–Crippen LogP) is 2.64. The Morgan fingerprint density at radius 3 is 2.81 bits per heavy atom. The van der Waals surface area contributed by atoms with Crippen LogP contribution in [-0.4, -0.2) is 47.8 Å². The van der Waals surface area contributed by atoms with E-state index < -0.39 is 18.8 Å². The summed E-state index contributed by atoms with van der Waals surface area (Å²) in [6.45, 7) is -1.64. The maximum Gasteiger partial charge on any atom is 0.422 e. The van der Waals surface area contributed by atoms with Gasteiger partial charge >= 0.3 is 12.1 Å². The molecule has 0 spiro atoms. The fourth-order valence-corrected chi connectivity index (χ4v) is 4.57. The normalized spacial score (nSPS) is 24.3. The maximum absolute atomic E-state index is 12.5. The predicted molar refractivity (Wildman–Crippen MR) is 91.8 cm³/mol. The van der Waals surface area contributed by atoms with Gasteiger partial charge in [0.25, 0.3) is 5.91 Å². The van der Waals surface area contributed by atoms with Crippen molar-refractivity contribution in [3.05, 3.63) is 28.9 Å². The van der Waals surface area contributed by atoms with Crippen molar-refractivity contribution in [2.75, 3.05) is 6.61 Å². The summed E-state index contributed by atoms with van der Waals surface area (Å²) in [6.07, 6.45) is -0.0824. The van der Waals surface area contributed by atoms with Crippen molar-refractivity contribution in [3.63, 3.8) is 0 Å². The topological polar surface area (TPSA) is 80.3 Å². The zero-order valence-electron chi connectivity index (χ0n) is 14.0. The second kappa shape index (κ2) is 6.75. The van der Waals surface area contributed by atoms with Crippen molar-refractivity contribution in [1.82, 2.24) is 15.6 Å². The van der Waals surface area contributed by atoms with Gasteiger partial charge in [-0.05, 0) is 31.4 Å². The highest BCUT2D eigenvalue weighted by Gasteiger charge is 2.39. The molecule has 3 atom stereocenters. The van der Waals surface area contributed by atoms with Crippen LogP contribution in [0.15, 0.2) is 18.3 Å². The molecular weight excluding hydrogens is 383 g/mol. The van der Waals surface area contributed by atoms with Crippen molar-refractivity contribution < 1.29 is 27.5 Å². The fraction of sp³-hybridized carbons (Fsp3) is 0.471. The van der Waals surface area contributed by atoms with E-state index >= 15 is 0 Å². The number of hydrogen-bond acceptors (Lipinski definition) is 6. The van der Waals surface area contributed by atoms with Crippen LogP contribution in [0.1, 0.15) is 39.4 Å². The van der Waals surface area contributed by atoms with Crippen LogP contribution in [-0.2, 0) is 4.74 Å². The van der Waals surface area contributed by atoms with E-state index in [0.29, 0.717) is 22.2 Å². The first-order valence-electron chi connectivity index (χ1n) is 8.49. The molecule has 0 aromatic carbocycles. The first-order chi connectivity index (χ1) is 12.8. The summed E-state index contributed by atoms with van der Waals surface area (Å²) in [5.74, 6) is -1.35. The SMILES string of the molecule is O=C(N[C@@H]1C[C@H]2CC[C@@H]1N2)c1cc2sc(C(=O)OCC(F)(F)F)cc2cn1. The number of nitrogens with zero attached hydrogens (tertiary/aromatic N) is 1. The molecule has 10 heteroatoms. The molecule has 1 amide bonds. The molecule has 2 aromatic rings. The average Bonchev–Trinajstić information content (AvgIpc) is 3.32. The van der Waals surface area contributed by atoms with Gasteiger partial charge in [0, 0.05) is 34.4 Å². The average molecular weight is 399 g/mol. The minimum absolute atomic E-state index is 0.0333. The lowest BCUT2D eigenvalue weighted by atomic mass is 9.95. The molecule has 6 nitrogen and oxygen atoms in total. The molecule has 144 valence electrons. The van der Waals surface area contributed by atoms with Crippen LogP contribution in [0.3, 0.4) is 0 Å². The van der Waals surface area contributed by atoms with Gasteiger partial charge in [-0.15, -0.1) is 11.3 Å². The number of ether oxygens (including phenoxy) is 1. The molecular formula is C17H16F3N3O3S. The molecule has 2 aromatic heterocycles. The summed E-state index contributed by atoms with van der Waals surface area (Å²) in [6, 6.07) is 3.77. The van der Waals surface area contributed by atoms with Crippen molar-refractivity contribution >= 4 is 33.3 Å². The number of hydrogen-bond donors (Lipinski definition) is 2. The Labute approximate surface area is 156 Å². The number of pyridine rings is 1. The van der Waals surface area contributed by atoms with Gasteiger partial charge in [0.1, 0.15) is 10.6 Å². The maximum atomic E-state index is 12.5. The second-order valence-corrected chi connectivity index (χ2v) is 7.86. The summed E-state index contributed by atoms with van der Waals surface area (Å²) in [5.41, 5.74) is 0.210. The third kappa shape index (κ3) is 3.91. The molecule has 2 aliphatic rings. The Morgan fingerprint density at radius 1 is 1.33 bits per heavy atom. The first kappa shape index (κ1) is 18.2. The molecule has 2 fully saturated rings. The van der Waals surface area contributed by atoms with E-state index in [0.717, 1.165) is 30.6 Å². The Kier molecular flexibility index (Phi) is 4.55. The second-order valence-electron chi connectivity index (χ2n) is 6.77. The number of alkyl halides is 3. The van der Waals surface area contributed by atoms with E-state index in [2.05, 4.69) is 20.4 Å². The molecule has 0 aliphatic carbocycles. The van der Waals surface area contributed by atoms with Gasteiger partial charge in [0.2, 0.25) is 0 Å². The molecule has 0 unspecified atom stereocenters. The largest absolute Gasteiger partial charge is 0.452 e. The molecule has 0 saturated carbocycles. The monoisotopic (exact) mass is 399 g/mol. The lowest BCUT2D eigenvalue weighted by molar-refractivity contribution is -0.161. The number of carbonyl (C=O) groups excluding carboxylic acids is 2. The zero-order chi connectivity index (χ0) is 19.2. The minimum Gasteiger partial charge on any atom is -0.452 e. The minimum atomic E-state index is -4.58. The number of amides is 1. The van der Waals surface area contributed by atoms with E-state index in [-0.39, 0.29) is 22.5 Å². The molecule has 4 rings (SSSR count). The van der Waals surface area contributed by atoms with Gasteiger partial charge in [0.15, 0.2) is 6.61 Å². The third-order valence-electron chi connectivity index (χ3n) is 4.82. The molecule has 4 heterocycles. The Morgan fingerprint density at radius 2 is 2.15 bits per heavy atom. The smallest absolute Gasteiger partial charge is 0.422 e. The highest BCUT2D eigenvalue weighted by Crippen LogP contribution is 2.29. The van der Waals surface area contributed by atoms with E-state index in [4.69, 9.17) is 0 Å². The van der Waals surface area contributed by atoms with Crippen LogP contribution in [0.4, 0.5) is 13.2 Å². The molecule has 2 bridgehead atoms. The van der Waals surface area contributed by atoms with Crippen LogP contribution in [0.2, 0.25) is 0 Å². The van der Waals surface area contributed by atoms with Crippen LogP contribution >= 0.6 is 11.3 Å². The first-order valence-corrected chi connectivity index (χ1v) is 9.30. The van der Waals surface area contributed by atoms with Gasteiger partial charge in [-0.1, -0.05) is 0 Å².